The second kappa shape index (κ2) is 8.55. The lowest BCUT2D eigenvalue weighted by Gasteiger charge is -2.24. The van der Waals surface area contributed by atoms with Crippen LogP contribution in [0.15, 0.2) is 12.3 Å². The maximum Gasteiger partial charge on any atom is 0.222 e. The van der Waals surface area contributed by atoms with E-state index in [-0.39, 0.29) is 5.92 Å². The molecule has 2 aromatic heterocycles. The molecule has 7 heteroatoms. The summed E-state index contributed by atoms with van der Waals surface area (Å²) in [6, 6.07) is 2.02. The molecule has 1 N–H and O–H groups in total. The molecule has 0 bridgehead atoms. The molecule has 1 aliphatic heterocycles. The molecular weight excluding hydrogens is 370 g/mol. The summed E-state index contributed by atoms with van der Waals surface area (Å²) >= 11 is 1.61. The minimum atomic E-state index is 0.288. The Hall–Kier alpha value is -2.02. The first-order valence-electron chi connectivity index (χ1n) is 10.4. The fraction of sp³-hybridized carbons (Fsp3) is 0.619. The van der Waals surface area contributed by atoms with E-state index in [9.17, 15) is 4.79 Å². The van der Waals surface area contributed by atoms with Crippen molar-refractivity contribution >= 4 is 28.2 Å². The van der Waals surface area contributed by atoms with E-state index < -0.39 is 0 Å². The van der Waals surface area contributed by atoms with Crippen LogP contribution in [0, 0.1) is 19.8 Å². The van der Waals surface area contributed by atoms with Gasteiger partial charge in [0.15, 0.2) is 5.13 Å². The lowest BCUT2D eigenvalue weighted by molar-refractivity contribution is -0.131. The van der Waals surface area contributed by atoms with E-state index in [4.69, 9.17) is 0 Å². The molecule has 1 amide bonds. The molecule has 2 aliphatic rings. The normalized spacial score (nSPS) is 20.5. The van der Waals surface area contributed by atoms with Crippen molar-refractivity contribution in [2.24, 2.45) is 5.92 Å². The zero-order valence-electron chi connectivity index (χ0n) is 16.8. The smallest absolute Gasteiger partial charge is 0.222 e. The highest BCUT2D eigenvalue weighted by molar-refractivity contribution is 7.15. The van der Waals surface area contributed by atoms with E-state index in [1.165, 1.54) is 32.1 Å². The van der Waals surface area contributed by atoms with Crippen LogP contribution in [0.25, 0.3) is 0 Å². The summed E-state index contributed by atoms with van der Waals surface area (Å²) in [5.41, 5.74) is 1.02. The lowest BCUT2D eigenvalue weighted by atomic mass is 9.87. The van der Waals surface area contributed by atoms with Gasteiger partial charge in [-0.2, -0.15) is 0 Å². The second-order valence-corrected chi connectivity index (χ2v) is 9.39. The van der Waals surface area contributed by atoms with Crippen LogP contribution in [0.3, 0.4) is 0 Å². The SMILES string of the molecule is Cc1nc(Nc2ncc(C)s2)cc(C2CCN(C(=O)CC3CCCCC3)C2)n1. The van der Waals surface area contributed by atoms with Crippen molar-refractivity contribution in [1.29, 1.82) is 0 Å². The van der Waals surface area contributed by atoms with Crippen molar-refractivity contribution in [3.63, 3.8) is 0 Å². The van der Waals surface area contributed by atoms with Crippen LogP contribution < -0.4 is 5.32 Å². The second-order valence-electron chi connectivity index (χ2n) is 8.16. The molecule has 6 nitrogen and oxygen atoms in total. The van der Waals surface area contributed by atoms with Gasteiger partial charge in [0.1, 0.15) is 11.6 Å². The summed E-state index contributed by atoms with van der Waals surface area (Å²) in [5, 5.41) is 4.14. The van der Waals surface area contributed by atoms with Crippen molar-refractivity contribution in [2.75, 3.05) is 18.4 Å². The quantitative estimate of drug-likeness (QED) is 0.797. The van der Waals surface area contributed by atoms with Gasteiger partial charge in [0, 0.05) is 42.6 Å². The number of aromatic nitrogens is 3. The standard InChI is InChI=1S/C21H29N5OS/c1-14-12-22-21(28-14)25-19-11-18(23-15(2)24-19)17-8-9-26(13-17)20(27)10-16-6-4-3-5-7-16/h11-12,16-17H,3-10,13H2,1-2H3,(H,22,23,24,25). The molecule has 1 saturated carbocycles. The van der Waals surface area contributed by atoms with Gasteiger partial charge in [0.05, 0.1) is 5.69 Å². The summed E-state index contributed by atoms with van der Waals surface area (Å²) in [4.78, 5) is 29.5. The Balaban J connectivity index is 1.39. The van der Waals surface area contributed by atoms with Crippen LogP contribution >= 0.6 is 11.3 Å². The van der Waals surface area contributed by atoms with Crippen LogP contribution in [-0.2, 0) is 4.79 Å². The fourth-order valence-corrected chi connectivity index (χ4v) is 5.05. The number of rotatable bonds is 5. The molecule has 0 aromatic carbocycles. The van der Waals surface area contributed by atoms with Gasteiger partial charge in [0.25, 0.3) is 0 Å². The van der Waals surface area contributed by atoms with Crippen molar-refractivity contribution in [3.8, 4) is 0 Å². The first-order valence-corrected chi connectivity index (χ1v) is 11.2. The summed E-state index contributed by atoms with van der Waals surface area (Å²) in [5.74, 6) is 2.75. The summed E-state index contributed by atoms with van der Waals surface area (Å²) < 4.78 is 0. The monoisotopic (exact) mass is 399 g/mol. The molecule has 28 heavy (non-hydrogen) atoms. The number of nitrogens with one attached hydrogen (secondary N) is 1. The maximum absolute atomic E-state index is 12.7. The molecule has 4 rings (SSSR count). The molecule has 0 spiro atoms. The Kier molecular flexibility index (Phi) is 5.90. The van der Waals surface area contributed by atoms with Gasteiger partial charge >= 0.3 is 0 Å². The third-order valence-electron chi connectivity index (χ3n) is 5.86. The van der Waals surface area contributed by atoms with Crippen LogP contribution in [0.1, 0.15) is 67.3 Å². The van der Waals surface area contributed by atoms with E-state index in [2.05, 4.69) is 20.3 Å². The topological polar surface area (TPSA) is 71.0 Å². The first kappa shape index (κ1) is 19.3. The summed E-state index contributed by atoms with van der Waals surface area (Å²) in [6.45, 7) is 5.57. The van der Waals surface area contributed by atoms with Crippen molar-refractivity contribution < 1.29 is 4.79 Å². The molecule has 2 aromatic rings. The van der Waals surface area contributed by atoms with Crippen molar-refractivity contribution in [3.05, 3.63) is 28.7 Å². The van der Waals surface area contributed by atoms with Gasteiger partial charge < -0.3 is 10.2 Å². The van der Waals surface area contributed by atoms with Crippen molar-refractivity contribution in [2.45, 2.75) is 64.7 Å². The van der Waals surface area contributed by atoms with Crippen LogP contribution in [0.4, 0.5) is 10.9 Å². The minimum absolute atomic E-state index is 0.288. The first-order chi connectivity index (χ1) is 13.6. The Bertz CT molecular complexity index is 830. The van der Waals surface area contributed by atoms with Gasteiger partial charge in [-0.25, -0.2) is 15.0 Å². The number of anilines is 2. The summed E-state index contributed by atoms with van der Waals surface area (Å²) in [7, 11) is 0. The number of carbonyl (C=O) groups is 1. The largest absolute Gasteiger partial charge is 0.342 e. The third kappa shape index (κ3) is 4.69. The molecule has 2 fully saturated rings. The van der Waals surface area contributed by atoms with E-state index in [0.717, 1.165) is 53.3 Å². The van der Waals surface area contributed by atoms with Gasteiger partial charge in [-0.05, 0) is 39.0 Å². The van der Waals surface area contributed by atoms with E-state index in [1.807, 2.05) is 31.0 Å². The van der Waals surface area contributed by atoms with E-state index in [0.29, 0.717) is 11.8 Å². The number of aryl methyl sites for hydroxylation is 2. The fourth-order valence-electron chi connectivity index (χ4n) is 4.38. The van der Waals surface area contributed by atoms with Gasteiger partial charge in [0.2, 0.25) is 5.91 Å². The van der Waals surface area contributed by atoms with Gasteiger partial charge in [-0.1, -0.05) is 19.3 Å². The number of hydrogen-bond donors (Lipinski definition) is 1. The Labute approximate surface area is 170 Å². The predicted octanol–water partition coefficient (Wildman–Crippen LogP) is 4.58. The highest BCUT2D eigenvalue weighted by Crippen LogP contribution is 2.31. The van der Waals surface area contributed by atoms with E-state index >= 15 is 0 Å². The minimum Gasteiger partial charge on any atom is -0.342 e. The van der Waals surface area contributed by atoms with Crippen LogP contribution in [0.5, 0.6) is 0 Å². The highest BCUT2D eigenvalue weighted by Gasteiger charge is 2.30. The number of amides is 1. The van der Waals surface area contributed by atoms with Crippen LogP contribution in [-0.4, -0.2) is 38.8 Å². The molecule has 1 atom stereocenters. The van der Waals surface area contributed by atoms with Gasteiger partial charge in [-0.3, -0.25) is 4.79 Å². The number of nitrogens with zero attached hydrogens (tertiary/aromatic N) is 4. The summed E-state index contributed by atoms with van der Waals surface area (Å²) in [6.07, 6.45) is 9.91. The average Bonchev–Trinajstić information content (AvgIpc) is 3.31. The van der Waals surface area contributed by atoms with Gasteiger partial charge in [-0.15, -0.1) is 11.3 Å². The predicted molar refractivity (Wildman–Crippen MR) is 112 cm³/mol. The number of carbonyl (C=O) groups excluding carboxylic acids is 1. The zero-order chi connectivity index (χ0) is 19.5. The number of hydrogen-bond acceptors (Lipinski definition) is 6. The maximum atomic E-state index is 12.7. The molecular formula is C21H29N5OS. The zero-order valence-corrected chi connectivity index (χ0v) is 17.6. The Morgan fingerprint density at radius 1 is 1.21 bits per heavy atom. The average molecular weight is 400 g/mol. The molecule has 1 unspecified atom stereocenters. The number of likely N-dealkylation sites (tertiary alicyclic amines) is 1. The highest BCUT2D eigenvalue weighted by atomic mass is 32.1. The molecule has 1 saturated heterocycles. The molecule has 0 radical (unpaired) electrons. The number of thiazole rings is 1. The molecule has 3 heterocycles. The Morgan fingerprint density at radius 2 is 2.04 bits per heavy atom. The van der Waals surface area contributed by atoms with E-state index in [1.54, 1.807) is 11.3 Å². The Morgan fingerprint density at radius 3 is 2.79 bits per heavy atom. The van der Waals surface area contributed by atoms with Crippen LogP contribution in [0.2, 0.25) is 0 Å². The van der Waals surface area contributed by atoms with Crippen molar-refractivity contribution in [1.82, 2.24) is 19.9 Å². The third-order valence-corrected chi connectivity index (χ3v) is 6.69. The molecule has 150 valence electrons. The molecule has 1 aliphatic carbocycles. The lowest BCUT2D eigenvalue weighted by Crippen LogP contribution is -2.30.